The first-order valence-electron chi connectivity index (χ1n) is 38.2. The summed E-state index contributed by atoms with van der Waals surface area (Å²) in [6.45, 7) is 10.4. The summed E-state index contributed by atoms with van der Waals surface area (Å²) in [5.74, 6) is -1.55. The number of aromatic nitrogens is 12. The Hall–Kier alpha value is -15.5. The third-order valence-electron chi connectivity index (χ3n) is 19.0. The van der Waals surface area contributed by atoms with Crippen LogP contribution in [0.2, 0.25) is 0 Å². The summed E-state index contributed by atoms with van der Waals surface area (Å²) in [6.07, 6.45) is -1.15. The van der Waals surface area contributed by atoms with Gasteiger partial charge in [-0.1, -0.05) is 109 Å². The summed E-state index contributed by atoms with van der Waals surface area (Å²) in [7, 11) is 2.61. The average Bonchev–Trinajstić information content (AvgIpc) is 1.69. The Morgan fingerprint density at radius 3 is 1.20 bits per heavy atom. The minimum Gasteiger partial charge on any atom is -0.482 e. The third-order valence-corrected chi connectivity index (χ3v) is 19.0. The number of amides is 3. The molecule has 0 saturated heterocycles. The number of anilines is 3. The van der Waals surface area contributed by atoms with E-state index in [1.807, 2.05) is 109 Å². The number of carbonyl (C=O) groups is 9. The van der Waals surface area contributed by atoms with E-state index in [-0.39, 0.29) is 69.5 Å². The molecule has 0 unspecified atom stereocenters. The molecule has 0 aliphatic carbocycles. The van der Waals surface area contributed by atoms with Gasteiger partial charge in [-0.25, -0.2) is 24.0 Å². The molecular weight excluding hydrogens is 1590 g/mol. The van der Waals surface area contributed by atoms with Gasteiger partial charge in [0.05, 0.1) is 137 Å². The van der Waals surface area contributed by atoms with Crippen molar-refractivity contribution in [1.82, 2.24) is 60.4 Å². The van der Waals surface area contributed by atoms with Gasteiger partial charge in [0.15, 0.2) is 31.3 Å². The number of aliphatic hydroxyl groups excluding tert-OH is 3. The maximum Gasteiger partial charge on any atom is 0.435 e. The smallest absolute Gasteiger partial charge is 0.435 e. The molecule has 0 saturated carbocycles. The number of esters is 2. The van der Waals surface area contributed by atoms with Crippen LogP contribution < -0.4 is 28.9 Å². The average molecular weight is 1670 g/mol. The molecule has 6 aromatic heterocycles. The second-order valence-electron chi connectivity index (χ2n) is 29.5. The number of carboxylic acid groups (broad SMARTS) is 1. The highest BCUT2D eigenvalue weighted by atomic mass is 16.6. The Morgan fingerprint density at radius 1 is 0.415 bits per heavy atom. The fourth-order valence-corrected chi connectivity index (χ4v) is 13.3. The molecular formula is C88H83N15O20. The van der Waals surface area contributed by atoms with Crippen molar-refractivity contribution in [2.24, 2.45) is 0 Å². The molecule has 35 heteroatoms. The number of hydrogen-bond donors (Lipinski definition) is 8. The molecule has 3 amide bonds. The minimum absolute atomic E-state index is 0.0144. The fraction of sp³-hybridized carbons (Fsp3) is 0.216. The lowest BCUT2D eigenvalue weighted by molar-refractivity contribution is -0.122. The zero-order valence-electron chi connectivity index (χ0n) is 67.7. The lowest BCUT2D eigenvalue weighted by atomic mass is 10.1. The van der Waals surface area contributed by atoms with Crippen LogP contribution in [-0.2, 0) is 66.2 Å². The lowest BCUT2D eigenvalue weighted by Crippen LogP contribution is -2.38. The molecule has 3 aliphatic heterocycles. The molecule has 630 valence electrons. The van der Waals surface area contributed by atoms with Crippen LogP contribution in [-0.4, -0.2) is 186 Å². The van der Waals surface area contributed by atoms with Crippen molar-refractivity contribution in [3.05, 3.63) is 251 Å². The normalized spacial score (nSPS) is 12.7. The molecule has 0 atom stereocenters. The first-order chi connectivity index (χ1) is 59.1. The number of aromatic amines is 4. The van der Waals surface area contributed by atoms with Crippen LogP contribution in [0.1, 0.15) is 112 Å². The van der Waals surface area contributed by atoms with Crippen LogP contribution in [0, 0.1) is 0 Å². The Kier molecular flexibility index (Phi) is 25.8. The van der Waals surface area contributed by atoms with E-state index < -0.39 is 53.7 Å². The van der Waals surface area contributed by atoms with Crippen molar-refractivity contribution in [2.75, 3.05) is 55.3 Å². The first-order valence-corrected chi connectivity index (χ1v) is 38.2. The maximum atomic E-state index is 12.7. The second-order valence-corrected chi connectivity index (χ2v) is 29.5. The molecule has 18 rings (SSSR count). The van der Waals surface area contributed by atoms with E-state index >= 15 is 0 Å². The van der Waals surface area contributed by atoms with E-state index in [1.54, 1.807) is 142 Å². The lowest BCUT2D eigenvalue weighted by Gasteiger charge is -2.29. The Labute approximate surface area is 699 Å². The standard InChI is InChI=1S/C23H23N3O6.2C18H15N3O4.C13H16N2O3.C8H6N2O2.C8H8N2O/c1-23(2,3)32-22(29)26-17-8-6-5-7-15(17)16(24-26)12-25-18-11-14(21(28)30-4)9-10-19(18)31-13-20(25)27;1-24-18(23)11-6-7-16-15(8-11)21(17(22)10-25-16)9-14-12-4-2-3-5-13(12)19-20-14;22-9-16(23)11-5-6-17-15(7-11)21(18(24)10-25-17)8-14-12-3-1-2-4-13(12)19-20-14;1-13(2,3)18-12(17)15-11-7-5-4-6-9(11)10(8-16)14-15;11-8(12)7-5-3-1-2-4-6(5)9-10-7;11-5-8-6-3-1-2-4-7(6)9-10-8/h5-11H,12-13H2,1-4H3;2-8H,9-10H2,1H3,(H,19,20);1-7,22H,8-10H2,(H,19,20);4-7,16H,8H2,1-3H3;1-4H,(H,9,10)(H,11,12);1-4,11H,5H2,(H,9,10). The topological polar surface area (TPSA) is 459 Å². The molecule has 0 fully saturated rings. The van der Waals surface area contributed by atoms with Gasteiger partial charge >= 0.3 is 30.1 Å². The Bertz CT molecular complexity index is 6340. The molecule has 123 heavy (non-hydrogen) atoms. The molecule has 35 nitrogen and oxygen atoms in total. The fourth-order valence-electron chi connectivity index (χ4n) is 13.3. The van der Waals surface area contributed by atoms with E-state index in [0.717, 1.165) is 60.7 Å². The number of Topliss-reactive ketones (excluding diaryl/α,β-unsaturated/α-hetero) is 1. The molecule has 0 radical (unpaired) electrons. The number of fused-ring (bicyclic) bond motifs is 9. The molecule has 0 spiro atoms. The largest absolute Gasteiger partial charge is 0.482 e. The van der Waals surface area contributed by atoms with Gasteiger partial charge < -0.3 is 53.6 Å². The number of aromatic carboxylic acids is 1. The SMILES string of the molecule is CC(C)(C)OC(=O)n1nc(CO)c2ccccc21.COC(=O)c1ccc2c(c1)N(Cc1[nH]nc3ccccc13)C(=O)CO2.COC(=O)c1ccc2c(c1)N(Cc1nn(C(=O)OC(C)(C)C)c3ccccc13)C(=O)CO2.O=C(CO)c1ccc2c(c1)N(Cc1[nH]nc3ccccc13)C(=O)CO2.O=C(O)c1n[nH]c2ccccc12.OCc1[nH]nc2ccccc12. The Balaban J connectivity index is 0.000000131. The minimum atomic E-state index is -1.01. The molecule has 9 aromatic carbocycles. The van der Waals surface area contributed by atoms with Crippen LogP contribution >= 0.6 is 0 Å². The van der Waals surface area contributed by atoms with Gasteiger partial charge in [0.1, 0.15) is 35.1 Å². The number of hydrogen-bond acceptors (Lipinski definition) is 25. The predicted molar refractivity (Wildman–Crippen MR) is 449 cm³/mol. The summed E-state index contributed by atoms with van der Waals surface area (Å²) < 4.78 is 39.1. The van der Waals surface area contributed by atoms with Crippen LogP contribution in [0.3, 0.4) is 0 Å². The summed E-state index contributed by atoms with van der Waals surface area (Å²) in [5, 5.41) is 76.9. The second kappa shape index (κ2) is 37.2. The van der Waals surface area contributed by atoms with E-state index in [0.29, 0.717) is 90.7 Å². The molecule has 3 aliphatic rings. The van der Waals surface area contributed by atoms with Gasteiger partial charge in [0.25, 0.3) is 17.7 Å². The number of benzene rings is 9. The van der Waals surface area contributed by atoms with E-state index in [2.05, 4.69) is 51.0 Å². The number of nitrogens with one attached hydrogen (secondary N) is 4. The number of nitrogens with zero attached hydrogens (tertiary/aromatic N) is 11. The van der Waals surface area contributed by atoms with Crippen molar-refractivity contribution in [3.63, 3.8) is 0 Å². The summed E-state index contributed by atoms with van der Waals surface area (Å²) in [4.78, 5) is 113. The summed E-state index contributed by atoms with van der Waals surface area (Å²) in [6, 6.07) is 59.0. The van der Waals surface area contributed by atoms with Crippen molar-refractivity contribution < 1.29 is 96.7 Å². The Morgan fingerprint density at radius 2 is 0.780 bits per heavy atom. The number of H-pyrrole nitrogens is 4. The predicted octanol–water partition coefficient (Wildman–Crippen LogP) is 12.1. The quantitative estimate of drug-likeness (QED) is 0.0302. The molecule has 8 N–H and O–H groups in total. The number of aliphatic hydroxyl groups is 3. The zero-order chi connectivity index (χ0) is 87.4. The van der Waals surface area contributed by atoms with Gasteiger partial charge in [0.2, 0.25) is 0 Å². The van der Waals surface area contributed by atoms with E-state index in [4.69, 9.17) is 48.5 Å². The van der Waals surface area contributed by atoms with Crippen molar-refractivity contribution in [3.8, 4) is 17.2 Å². The molecule has 15 aromatic rings. The maximum absolute atomic E-state index is 12.7. The number of ether oxygens (including phenoxy) is 7. The monoisotopic (exact) mass is 1670 g/mol. The first kappa shape index (κ1) is 85.4. The van der Waals surface area contributed by atoms with E-state index in [1.165, 1.54) is 28.5 Å². The summed E-state index contributed by atoms with van der Waals surface area (Å²) in [5.41, 5.74) is 9.16. The van der Waals surface area contributed by atoms with Crippen LogP contribution in [0.4, 0.5) is 26.7 Å². The number of methoxy groups -OCH3 is 2. The van der Waals surface area contributed by atoms with Gasteiger partial charge in [-0.3, -0.25) is 54.3 Å². The van der Waals surface area contributed by atoms with Crippen molar-refractivity contribution in [1.29, 1.82) is 0 Å². The van der Waals surface area contributed by atoms with Crippen LogP contribution in [0.5, 0.6) is 17.2 Å². The highest BCUT2D eigenvalue weighted by Gasteiger charge is 2.33. The highest BCUT2D eigenvalue weighted by Crippen LogP contribution is 2.39. The highest BCUT2D eigenvalue weighted by molar-refractivity contribution is 6.05. The number of rotatable bonds is 13. The van der Waals surface area contributed by atoms with Gasteiger partial charge in [-0.05, 0) is 133 Å². The van der Waals surface area contributed by atoms with Crippen LogP contribution in [0.15, 0.2) is 200 Å². The summed E-state index contributed by atoms with van der Waals surface area (Å²) >= 11 is 0. The van der Waals surface area contributed by atoms with Gasteiger partial charge in [0, 0.05) is 37.9 Å². The zero-order valence-corrected chi connectivity index (χ0v) is 67.7. The van der Waals surface area contributed by atoms with E-state index in [9.17, 15) is 48.3 Å². The number of carboxylic acids is 1. The molecule has 9 heterocycles. The van der Waals surface area contributed by atoms with Gasteiger partial charge in [-0.15, -0.1) is 0 Å². The molecule has 0 bridgehead atoms. The van der Waals surface area contributed by atoms with Crippen molar-refractivity contribution >= 4 is 136 Å². The number of ketones is 1. The number of para-hydroxylation sites is 6. The van der Waals surface area contributed by atoms with Crippen LogP contribution in [0.25, 0.3) is 65.4 Å². The number of carbonyl (C=O) groups excluding carboxylic acids is 8. The van der Waals surface area contributed by atoms with Crippen molar-refractivity contribution in [2.45, 2.75) is 85.6 Å². The van der Waals surface area contributed by atoms with Gasteiger partial charge in [-0.2, -0.15) is 40.0 Å². The third kappa shape index (κ3) is 19.5.